The van der Waals surface area contributed by atoms with E-state index in [1.807, 2.05) is 19.0 Å². The molecule has 0 fully saturated rings. The Kier molecular flexibility index (Phi) is 7.32. The number of alkyl halides is 3. The topological polar surface area (TPSA) is 41.6 Å². The van der Waals surface area contributed by atoms with E-state index in [9.17, 15) is 18.0 Å². The molecule has 1 N–H and O–H groups in total. The molecular formula is C20H22ClF3N2O2. The highest BCUT2D eigenvalue weighted by molar-refractivity contribution is 6.31. The van der Waals surface area contributed by atoms with Gasteiger partial charge in [0.25, 0.3) is 5.91 Å². The summed E-state index contributed by atoms with van der Waals surface area (Å²) in [4.78, 5) is 14.7. The number of ether oxygens (including phenoxy) is 1. The Hall–Kier alpha value is -2.25. The number of carbonyl (C=O) groups excluding carboxylic acids is 1. The van der Waals surface area contributed by atoms with Gasteiger partial charge in [-0.05, 0) is 57.3 Å². The van der Waals surface area contributed by atoms with Crippen molar-refractivity contribution < 1.29 is 22.7 Å². The van der Waals surface area contributed by atoms with Gasteiger partial charge in [0.1, 0.15) is 5.75 Å². The van der Waals surface area contributed by atoms with Gasteiger partial charge in [-0.15, -0.1) is 0 Å². The van der Waals surface area contributed by atoms with Gasteiger partial charge >= 0.3 is 6.18 Å². The van der Waals surface area contributed by atoms with Gasteiger partial charge in [-0.25, -0.2) is 0 Å². The van der Waals surface area contributed by atoms with E-state index in [0.717, 1.165) is 25.1 Å². The molecule has 0 bridgehead atoms. The van der Waals surface area contributed by atoms with Gasteiger partial charge in [0.05, 0.1) is 22.8 Å². The third kappa shape index (κ3) is 5.87. The molecular weight excluding hydrogens is 393 g/mol. The van der Waals surface area contributed by atoms with Crippen molar-refractivity contribution in [3.8, 4) is 5.75 Å². The minimum absolute atomic E-state index is 0.00327. The number of hydrogen-bond acceptors (Lipinski definition) is 3. The van der Waals surface area contributed by atoms with Crippen molar-refractivity contribution in [3.63, 3.8) is 0 Å². The molecule has 4 nitrogen and oxygen atoms in total. The Bertz CT molecular complexity index is 839. The van der Waals surface area contributed by atoms with Crippen LogP contribution in [0.3, 0.4) is 0 Å². The van der Waals surface area contributed by atoms with Crippen LogP contribution in [-0.4, -0.2) is 38.1 Å². The van der Waals surface area contributed by atoms with Crippen LogP contribution in [0, 0.1) is 6.92 Å². The van der Waals surface area contributed by atoms with Crippen molar-refractivity contribution in [2.75, 3.05) is 32.6 Å². The Morgan fingerprint density at radius 1 is 1.21 bits per heavy atom. The molecule has 2 aromatic rings. The first-order chi connectivity index (χ1) is 13.1. The van der Waals surface area contributed by atoms with Crippen molar-refractivity contribution in [2.45, 2.75) is 19.5 Å². The number of halogens is 4. The van der Waals surface area contributed by atoms with Crippen LogP contribution in [0.15, 0.2) is 36.4 Å². The van der Waals surface area contributed by atoms with Crippen molar-refractivity contribution in [3.05, 3.63) is 58.1 Å². The number of benzene rings is 2. The van der Waals surface area contributed by atoms with Crippen LogP contribution in [-0.2, 0) is 6.18 Å². The highest BCUT2D eigenvalue weighted by atomic mass is 35.5. The number of anilines is 1. The Morgan fingerprint density at radius 2 is 1.93 bits per heavy atom. The minimum Gasteiger partial charge on any atom is -0.493 e. The molecule has 8 heteroatoms. The quantitative estimate of drug-likeness (QED) is 0.629. The van der Waals surface area contributed by atoms with E-state index < -0.39 is 22.7 Å². The first kappa shape index (κ1) is 22.0. The SMILES string of the molecule is Cc1cccc(OCCCN(C)C)c1C(=O)Nc1ccc(Cl)c(C(F)(F)F)c1. The normalized spacial score (nSPS) is 11.6. The summed E-state index contributed by atoms with van der Waals surface area (Å²) in [6.07, 6.45) is -3.84. The fourth-order valence-corrected chi connectivity index (χ4v) is 2.85. The van der Waals surface area contributed by atoms with Gasteiger partial charge in [-0.2, -0.15) is 13.2 Å². The van der Waals surface area contributed by atoms with Crippen LogP contribution in [0.5, 0.6) is 5.75 Å². The molecule has 0 radical (unpaired) electrons. The first-order valence-electron chi connectivity index (χ1n) is 8.65. The number of hydrogen-bond donors (Lipinski definition) is 1. The lowest BCUT2D eigenvalue weighted by Gasteiger charge is -2.16. The summed E-state index contributed by atoms with van der Waals surface area (Å²) in [7, 11) is 3.90. The number of nitrogens with zero attached hydrogens (tertiary/aromatic N) is 1. The third-order valence-electron chi connectivity index (χ3n) is 4.00. The number of carbonyl (C=O) groups is 1. The van der Waals surface area contributed by atoms with Crippen molar-refractivity contribution in [1.29, 1.82) is 0 Å². The van der Waals surface area contributed by atoms with E-state index in [1.165, 1.54) is 6.07 Å². The van der Waals surface area contributed by atoms with Crippen LogP contribution >= 0.6 is 11.6 Å². The second kappa shape index (κ2) is 9.30. The predicted octanol–water partition coefficient (Wildman–Crippen LogP) is 5.25. The van der Waals surface area contributed by atoms with E-state index in [1.54, 1.807) is 25.1 Å². The number of rotatable bonds is 7. The van der Waals surface area contributed by atoms with Gasteiger partial charge in [0.15, 0.2) is 0 Å². The van der Waals surface area contributed by atoms with Gasteiger partial charge in [0, 0.05) is 12.2 Å². The highest BCUT2D eigenvalue weighted by Gasteiger charge is 2.33. The van der Waals surface area contributed by atoms with Crippen LogP contribution < -0.4 is 10.1 Å². The van der Waals surface area contributed by atoms with E-state index in [0.29, 0.717) is 17.9 Å². The molecule has 2 aromatic carbocycles. The van der Waals surface area contributed by atoms with Gasteiger partial charge in [-0.3, -0.25) is 4.79 Å². The summed E-state index contributed by atoms with van der Waals surface area (Å²) in [5, 5.41) is 2.08. The van der Waals surface area contributed by atoms with Crippen LogP contribution in [0.1, 0.15) is 27.9 Å². The summed E-state index contributed by atoms with van der Waals surface area (Å²) in [5.74, 6) is -0.155. The smallest absolute Gasteiger partial charge is 0.417 e. The molecule has 0 atom stereocenters. The molecule has 0 saturated carbocycles. The molecule has 0 aliphatic carbocycles. The summed E-state index contributed by atoms with van der Waals surface area (Å²) in [5.41, 5.74) is -0.0519. The molecule has 0 aliphatic rings. The predicted molar refractivity (Wildman–Crippen MR) is 104 cm³/mol. The van der Waals surface area contributed by atoms with Crippen molar-refractivity contribution in [2.24, 2.45) is 0 Å². The van der Waals surface area contributed by atoms with Crippen molar-refractivity contribution >= 4 is 23.2 Å². The first-order valence-corrected chi connectivity index (χ1v) is 9.02. The molecule has 0 saturated heterocycles. The zero-order valence-electron chi connectivity index (χ0n) is 15.9. The molecule has 152 valence electrons. The average molecular weight is 415 g/mol. The molecule has 2 rings (SSSR count). The molecule has 0 unspecified atom stereocenters. The van der Waals surface area contributed by atoms with Gasteiger partial charge < -0.3 is 15.0 Å². The molecule has 0 heterocycles. The average Bonchev–Trinajstić information content (AvgIpc) is 2.59. The molecule has 0 aromatic heterocycles. The second-order valence-electron chi connectivity index (χ2n) is 6.60. The highest BCUT2D eigenvalue weighted by Crippen LogP contribution is 2.36. The number of nitrogens with one attached hydrogen (secondary N) is 1. The Labute approximate surface area is 167 Å². The zero-order chi connectivity index (χ0) is 20.9. The maximum absolute atomic E-state index is 13.0. The lowest BCUT2D eigenvalue weighted by Crippen LogP contribution is -2.18. The van der Waals surface area contributed by atoms with E-state index in [-0.39, 0.29) is 11.3 Å². The monoisotopic (exact) mass is 414 g/mol. The lowest BCUT2D eigenvalue weighted by atomic mass is 10.1. The lowest BCUT2D eigenvalue weighted by molar-refractivity contribution is -0.137. The number of amides is 1. The largest absolute Gasteiger partial charge is 0.493 e. The molecule has 1 amide bonds. The summed E-state index contributed by atoms with van der Waals surface area (Å²) in [6, 6.07) is 8.42. The van der Waals surface area contributed by atoms with E-state index >= 15 is 0 Å². The third-order valence-corrected chi connectivity index (χ3v) is 4.33. The van der Waals surface area contributed by atoms with Gasteiger partial charge in [0.2, 0.25) is 0 Å². The summed E-state index contributed by atoms with van der Waals surface area (Å²) >= 11 is 5.62. The van der Waals surface area contributed by atoms with Crippen LogP contribution in [0.2, 0.25) is 5.02 Å². The second-order valence-corrected chi connectivity index (χ2v) is 7.01. The summed E-state index contributed by atoms with van der Waals surface area (Å²) in [6.45, 7) is 2.99. The van der Waals surface area contributed by atoms with Crippen LogP contribution in [0.25, 0.3) is 0 Å². The summed E-state index contributed by atoms with van der Waals surface area (Å²) < 4.78 is 44.8. The standard InChI is InChI=1S/C20H22ClF3N2O2/c1-13-6-4-7-17(28-11-5-10-26(2)3)18(13)19(27)25-14-8-9-16(21)15(12-14)20(22,23)24/h4,6-9,12H,5,10-11H2,1-3H3,(H,25,27). The fourth-order valence-electron chi connectivity index (χ4n) is 2.63. The molecule has 0 spiro atoms. The van der Waals surface area contributed by atoms with Gasteiger partial charge in [-0.1, -0.05) is 23.7 Å². The zero-order valence-corrected chi connectivity index (χ0v) is 16.6. The van der Waals surface area contributed by atoms with Crippen molar-refractivity contribution in [1.82, 2.24) is 4.90 Å². The Morgan fingerprint density at radius 3 is 2.57 bits per heavy atom. The molecule has 28 heavy (non-hydrogen) atoms. The maximum atomic E-state index is 13.0. The minimum atomic E-state index is -4.61. The van der Waals surface area contributed by atoms with E-state index in [4.69, 9.17) is 16.3 Å². The van der Waals surface area contributed by atoms with Crippen LogP contribution in [0.4, 0.5) is 18.9 Å². The Balaban J connectivity index is 2.20. The fraction of sp³-hybridized carbons (Fsp3) is 0.350. The van der Waals surface area contributed by atoms with E-state index in [2.05, 4.69) is 5.32 Å². The number of aryl methyl sites for hydroxylation is 1. The maximum Gasteiger partial charge on any atom is 0.417 e. The molecule has 0 aliphatic heterocycles.